The Kier molecular flexibility index (Phi) is 17.3. The minimum Gasteiger partial charge on any atom is -0.343 e. The number of nitrogens with two attached hydrogens (primary N) is 2. The Balaban J connectivity index is 1.41. The second-order valence-electron chi connectivity index (χ2n) is 14.7. The molecule has 0 saturated carbocycles. The number of unbranched alkanes of at least 4 members (excludes halogenated alkanes) is 1. The lowest BCUT2D eigenvalue weighted by atomic mass is 9.99. The molecule has 3 aromatic rings. The van der Waals surface area contributed by atoms with E-state index in [1.165, 1.54) is 12.1 Å². The first-order chi connectivity index (χ1) is 26.9. The summed E-state index contributed by atoms with van der Waals surface area (Å²) < 4.78 is 13.3. The maximum atomic E-state index is 14.0. The fraction of sp³-hybridized carbons (Fsp3) is 0.452. The number of nitrogens with one attached hydrogen (secondary N) is 4. The number of rotatable bonds is 19. The van der Waals surface area contributed by atoms with Crippen LogP contribution in [0.3, 0.4) is 0 Å². The monoisotopic (exact) mass is 772 g/mol. The van der Waals surface area contributed by atoms with Crippen molar-refractivity contribution in [2.75, 3.05) is 32.7 Å². The third kappa shape index (κ3) is 14.1. The van der Waals surface area contributed by atoms with Crippen molar-refractivity contribution >= 4 is 29.7 Å². The van der Waals surface area contributed by atoms with Crippen molar-refractivity contribution in [2.24, 2.45) is 17.4 Å². The Bertz CT molecular complexity index is 1710. The van der Waals surface area contributed by atoms with Crippen molar-refractivity contribution in [1.82, 2.24) is 31.1 Å². The Morgan fingerprint density at radius 3 is 1.79 bits per heavy atom. The number of urea groups is 1. The van der Waals surface area contributed by atoms with Crippen LogP contribution in [0.15, 0.2) is 84.9 Å². The standard InChI is InChI=1S/C42H57FN8O5/c1-29(2)25-36(49-40(54)37(27-31-13-7-4-8-14-31)48-38(52)34(45)26-30-11-5-3-6-12-30)39(53)47-35(15-9-10-20-44)41(55)50-21-23-51(24-22-50)42(56)46-28-32-16-18-33(43)19-17-32/h3-8,11-14,16-19,29,34-37H,9-10,15,20-28,44-45H2,1-2H3,(H,46,56)(H,47,53)(H,48,52)(H,49,54)/t34-,35-,36-,37-/m1/s1. The summed E-state index contributed by atoms with van der Waals surface area (Å²) >= 11 is 0. The van der Waals surface area contributed by atoms with Crippen LogP contribution < -0.4 is 32.7 Å². The van der Waals surface area contributed by atoms with Crippen LogP contribution in [0.1, 0.15) is 56.2 Å². The van der Waals surface area contributed by atoms with E-state index in [4.69, 9.17) is 11.5 Å². The van der Waals surface area contributed by atoms with Crippen LogP contribution in [-0.2, 0) is 38.6 Å². The number of halogens is 1. The van der Waals surface area contributed by atoms with Gasteiger partial charge >= 0.3 is 6.03 Å². The molecular formula is C42H57FN8O5. The van der Waals surface area contributed by atoms with E-state index in [1.807, 2.05) is 74.5 Å². The molecule has 0 aliphatic carbocycles. The number of carbonyl (C=O) groups is 5. The molecule has 1 heterocycles. The highest BCUT2D eigenvalue weighted by Gasteiger charge is 2.33. The Morgan fingerprint density at radius 2 is 1.20 bits per heavy atom. The lowest BCUT2D eigenvalue weighted by Gasteiger charge is -2.37. The van der Waals surface area contributed by atoms with E-state index in [9.17, 15) is 28.4 Å². The largest absolute Gasteiger partial charge is 0.343 e. The first kappa shape index (κ1) is 43.4. The Morgan fingerprint density at radius 1 is 0.661 bits per heavy atom. The smallest absolute Gasteiger partial charge is 0.317 e. The minimum atomic E-state index is -1.03. The fourth-order valence-corrected chi connectivity index (χ4v) is 6.54. The summed E-state index contributed by atoms with van der Waals surface area (Å²) in [6.07, 6.45) is 2.32. The van der Waals surface area contributed by atoms with Crippen LogP contribution in [0.25, 0.3) is 0 Å². The molecule has 302 valence electrons. The number of nitrogens with zero attached hydrogens (tertiary/aromatic N) is 2. The zero-order chi connectivity index (χ0) is 40.5. The van der Waals surface area contributed by atoms with E-state index in [0.29, 0.717) is 38.9 Å². The summed E-state index contributed by atoms with van der Waals surface area (Å²) in [6.45, 7) is 5.64. The third-order valence-corrected chi connectivity index (χ3v) is 9.69. The van der Waals surface area contributed by atoms with Crippen LogP contribution in [-0.4, -0.2) is 96.4 Å². The zero-order valence-electron chi connectivity index (χ0n) is 32.4. The summed E-state index contributed by atoms with van der Waals surface area (Å²) in [6, 6.07) is 20.4. The van der Waals surface area contributed by atoms with E-state index in [0.717, 1.165) is 16.7 Å². The molecule has 4 atom stereocenters. The molecule has 3 aromatic carbocycles. The number of carbonyl (C=O) groups excluding carboxylic acids is 5. The van der Waals surface area contributed by atoms with E-state index < -0.39 is 41.9 Å². The molecule has 0 unspecified atom stereocenters. The number of amides is 6. The number of piperazine rings is 1. The number of hydrogen-bond acceptors (Lipinski definition) is 7. The Labute approximate surface area is 329 Å². The summed E-state index contributed by atoms with van der Waals surface area (Å²) in [4.78, 5) is 71.3. The molecule has 56 heavy (non-hydrogen) atoms. The van der Waals surface area contributed by atoms with Crippen LogP contribution in [0.2, 0.25) is 0 Å². The lowest BCUT2D eigenvalue weighted by Crippen LogP contribution is -2.60. The summed E-state index contributed by atoms with van der Waals surface area (Å²) in [5, 5.41) is 11.5. The van der Waals surface area contributed by atoms with Gasteiger partial charge in [0.1, 0.15) is 23.9 Å². The number of hydrogen-bond donors (Lipinski definition) is 6. The van der Waals surface area contributed by atoms with E-state index in [-0.39, 0.29) is 62.6 Å². The van der Waals surface area contributed by atoms with Gasteiger partial charge in [0.2, 0.25) is 23.6 Å². The highest BCUT2D eigenvalue weighted by molar-refractivity contribution is 5.95. The van der Waals surface area contributed by atoms with Gasteiger partial charge in [0, 0.05) is 39.1 Å². The third-order valence-electron chi connectivity index (χ3n) is 9.69. The second kappa shape index (κ2) is 22.3. The van der Waals surface area contributed by atoms with Crippen LogP contribution in [0.4, 0.5) is 9.18 Å². The molecule has 4 rings (SSSR count). The Hall–Kier alpha value is -5.34. The lowest BCUT2D eigenvalue weighted by molar-refractivity contribution is -0.139. The van der Waals surface area contributed by atoms with Gasteiger partial charge in [0.05, 0.1) is 6.04 Å². The molecule has 1 saturated heterocycles. The van der Waals surface area contributed by atoms with Gasteiger partial charge in [-0.25, -0.2) is 9.18 Å². The maximum absolute atomic E-state index is 14.0. The maximum Gasteiger partial charge on any atom is 0.317 e. The highest BCUT2D eigenvalue weighted by atomic mass is 19.1. The van der Waals surface area contributed by atoms with Gasteiger partial charge in [-0.3, -0.25) is 19.2 Å². The van der Waals surface area contributed by atoms with Gasteiger partial charge in [0.15, 0.2) is 0 Å². The molecule has 1 aliphatic heterocycles. The second-order valence-corrected chi connectivity index (χ2v) is 14.7. The van der Waals surface area contributed by atoms with Gasteiger partial charge in [-0.2, -0.15) is 0 Å². The quantitative estimate of drug-likeness (QED) is 0.101. The first-order valence-corrected chi connectivity index (χ1v) is 19.4. The fourth-order valence-electron chi connectivity index (χ4n) is 6.54. The molecule has 13 nitrogen and oxygen atoms in total. The van der Waals surface area contributed by atoms with E-state index >= 15 is 0 Å². The minimum absolute atomic E-state index is 0.00109. The summed E-state index contributed by atoms with van der Waals surface area (Å²) in [5.74, 6) is -2.19. The van der Waals surface area contributed by atoms with Crippen molar-refractivity contribution in [3.8, 4) is 0 Å². The van der Waals surface area contributed by atoms with Gasteiger partial charge < -0.3 is 42.5 Å². The molecular weight excluding hydrogens is 716 g/mol. The molecule has 1 aliphatic rings. The molecule has 14 heteroatoms. The van der Waals surface area contributed by atoms with Crippen LogP contribution in [0.5, 0.6) is 0 Å². The van der Waals surface area contributed by atoms with Crippen LogP contribution in [0, 0.1) is 11.7 Å². The average Bonchev–Trinajstić information content (AvgIpc) is 3.20. The predicted octanol–water partition coefficient (Wildman–Crippen LogP) is 2.62. The van der Waals surface area contributed by atoms with E-state index in [1.54, 1.807) is 21.9 Å². The van der Waals surface area contributed by atoms with Gasteiger partial charge in [0.25, 0.3) is 0 Å². The average molecular weight is 773 g/mol. The van der Waals surface area contributed by atoms with Crippen molar-refractivity contribution in [1.29, 1.82) is 0 Å². The molecule has 0 aromatic heterocycles. The van der Waals surface area contributed by atoms with Crippen LogP contribution >= 0.6 is 0 Å². The molecule has 1 fully saturated rings. The van der Waals surface area contributed by atoms with Crippen molar-refractivity contribution < 1.29 is 28.4 Å². The number of benzene rings is 3. The summed E-state index contributed by atoms with van der Waals surface area (Å²) in [7, 11) is 0. The van der Waals surface area contributed by atoms with Gasteiger partial charge in [-0.05, 0) is 73.4 Å². The normalized spacial score (nSPS) is 15.0. The van der Waals surface area contributed by atoms with E-state index in [2.05, 4.69) is 21.3 Å². The zero-order valence-corrected chi connectivity index (χ0v) is 32.4. The van der Waals surface area contributed by atoms with Crippen molar-refractivity contribution in [3.05, 3.63) is 107 Å². The molecule has 6 amide bonds. The highest BCUT2D eigenvalue weighted by Crippen LogP contribution is 2.13. The first-order valence-electron chi connectivity index (χ1n) is 19.4. The van der Waals surface area contributed by atoms with Gasteiger partial charge in [-0.1, -0.05) is 86.6 Å². The summed E-state index contributed by atoms with van der Waals surface area (Å²) in [5.41, 5.74) is 14.5. The molecule has 0 bridgehead atoms. The molecule has 0 spiro atoms. The van der Waals surface area contributed by atoms with Gasteiger partial charge in [-0.15, -0.1) is 0 Å². The molecule has 8 N–H and O–H groups in total. The van der Waals surface area contributed by atoms with Crippen molar-refractivity contribution in [2.45, 2.75) is 83.1 Å². The van der Waals surface area contributed by atoms with Crippen molar-refractivity contribution in [3.63, 3.8) is 0 Å². The topological polar surface area (TPSA) is 192 Å². The predicted molar refractivity (Wildman–Crippen MR) is 213 cm³/mol. The SMILES string of the molecule is CC(C)C[C@@H](NC(=O)[C@@H](Cc1ccccc1)NC(=O)[C@H](N)Cc1ccccc1)C(=O)N[C@H](CCCCN)C(=O)N1CCN(C(=O)NCc2ccc(F)cc2)CC1. The molecule has 0 radical (unpaired) electrons.